The molecular formula is C54H73Cl3N2O14. The Hall–Kier alpha value is -5.39. The summed E-state index contributed by atoms with van der Waals surface area (Å²) in [5.74, 6) is 1.62. The third-order valence-electron chi connectivity index (χ3n) is 15.2. The first kappa shape index (κ1) is 60.2. The van der Waals surface area contributed by atoms with Crippen LogP contribution in [-0.4, -0.2) is 147 Å². The predicted octanol–water partition coefficient (Wildman–Crippen LogP) is 2.38. The second kappa shape index (κ2) is 25.7. The van der Waals surface area contributed by atoms with Crippen molar-refractivity contribution in [3.8, 4) is 57.5 Å². The Labute approximate surface area is 447 Å². The molecule has 0 bridgehead atoms. The number of rotatable bonds is 25. The third kappa shape index (κ3) is 12.4. The summed E-state index contributed by atoms with van der Waals surface area (Å²) in [6, 6.07) is 15.6. The van der Waals surface area contributed by atoms with Crippen LogP contribution in [0.25, 0.3) is 0 Å². The molecule has 0 spiro atoms. The Morgan fingerprint density at radius 2 is 0.890 bits per heavy atom. The van der Waals surface area contributed by atoms with E-state index in [0.29, 0.717) is 105 Å². The highest BCUT2D eigenvalue weighted by molar-refractivity contribution is 6.35. The molecule has 6 rings (SSSR count). The number of fused-ring (bicyclic) bond motifs is 2. The van der Waals surface area contributed by atoms with Crippen LogP contribution in [0.3, 0.4) is 0 Å². The number of carbonyl (C=O) groups is 2. The summed E-state index contributed by atoms with van der Waals surface area (Å²) in [5.41, 5.74) is 6.29. The van der Waals surface area contributed by atoms with E-state index in [1.165, 1.54) is 0 Å². The molecule has 0 aliphatic carbocycles. The van der Waals surface area contributed by atoms with Gasteiger partial charge in [-0.2, -0.15) is 0 Å². The number of carboxylic acid groups (broad SMARTS) is 2. The summed E-state index contributed by atoms with van der Waals surface area (Å²) in [6.45, 7) is 2.51. The fourth-order valence-corrected chi connectivity index (χ4v) is 11.5. The maximum Gasteiger partial charge on any atom is 0.325 e. The van der Waals surface area contributed by atoms with E-state index in [0.717, 1.165) is 59.3 Å². The smallest absolute Gasteiger partial charge is 0.325 e. The number of halogens is 3. The van der Waals surface area contributed by atoms with Crippen molar-refractivity contribution in [1.29, 1.82) is 0 Å². The first-order valence-corrected chi connectivity index (χ1v) is 24.2. The second-order valence-corrected chi connectivity index (χ2v) is 19.7. The van der Waals surface area contributed by atoms with Gasteiger partial charge in [-0.25, -0.2) is 0 Å². The summed E-state index contributed by atoms with van der Waals surface area (Å²) in [5, 5.41) is 21.7. The number of likely N-dealkylation sites (N-methyl/N-ethyl adjacent to an activating group) is 2. The standard InChI is InChI=1S/C54H71ClN2O14.2ClH/c1-56(21-16-35-29-42(62-3)44(64-5)31-37(35)40(56)23-33-25-46(66-7)50(70-11)47(26-33)67-8)19-13-15-39(52(58)59)54(55,53(60)61)18-14-20-57(2)22-17-36-30-43(63-4)45(65-6)32-38(36)41(57)24-34-27-48(68-9)51(71-12)49(28-34)69-10;;/h25-32,39-41H,13-24H2,1-12H3;2*1H/t39?,40-,41-,54?,56+,57+;;/m1../s1. The average Bonchev–Trinajstić information content (AvgIpc) is 3.37. The number of hydrogen-bond acceptors (Lipinski definition) is 12. The highest BCUT2D eigenvalue weighted by atomic mass is 35.5. The Bertz CT molecular complexity index is 2500. The fraction of sp³-hybridized carbons (Fsp3) is 0.519. The Kier molecular flexibility index (Phi) is 21.2. The van der Waals surface area contributed by atoms with Crippen molar-refractivity contribution in [3.05, 3.63) is 81.9 Å². The molecule has 16 nitrogen and oxygen atoms in total. The van der Waals surface area contributed by atoms with Crippen molar-refractivity contribution in [2.75, 3.05) is 111 Å². The molecule has 73 heavy (non-hydrogen) atoms. The largest absolute Gasteiger partial charge is 1.00 e. The van der Waals surface area contributed by atoms with Crippen LogP contribution < -0.4 is 72.2 Å². The molecule has 2 unspecified atom stereocenters. The van der Waals surface area contributed by atoms with Gasteiger partial charge in [-0.15, -0.1) is 11.6 Å². The Morgan fingerprint density at radius 3 is 1.21 bits per heavy atom. The van der Waals surface area contributed by atoms with Crippen LogP contribution in [0.2, 0.25) is 0 Å². The molecule has 2 aliphatic rings. The van der Waals surface area contributed by atoms with Crippen LogP contribution in [0.4, 0.5) is 0 Å². The van der Waals surface area contributed by atoms with Crippen molar-refractivity contribution in [2.24, 2.45) is 5.92 Å². The van der Waals surface area contributed by atoms with Crippen molar-refractivity contribution in [3.63, 3.8) is 0 Å². The lowest BCUT2D eigenvalue weighted by atomic mass is 9.82. The first-order chi connectivity index (χ1) is 33.9. The molecule has 6 atom stereocenters. The number of nitrogens with zero attached hydrogens (tertiary/aromatic N) is 2. The maximum absolute atomic E-state index is 13.4. The summed E-state index contributed by atoms with van der Waals surface area (Å²) in [7, 11) is 20.3. The van der Waals surface area contributed by atoms with Gasteiger partial charge >= 0.3 is 11.9 Å². The van der Waals surface area contributed by atoms with E-state index >= 15 is 0 Å². The van der Waals surface area contributed by atoms with Gasteiger partial charge in [-0.05, 0) is 96.5 Å². The lowest BCUT2D eigenvalue weighted by Gasteiger charge is -2.47. The second-order valence-electron chi connectivity index (χ2n) is 19.0. The van der Waals surface area contributed by atoms with Gasteiger partial charge in [0, 0.05) is 36.8 Å². The monoisotopic (exact) mass is 1080 g/mol. The van der Waals surface area contributed by atoms with E-state index in [1.807, 2.05) is 48.5 Å². The summed E-state index contributed by atoms with van der Waals surface area (Å²) in [6.07, 6.45) is 3.32. The summed E-state index contributed by atoms with van der Waals surface area (Å²) < 4.78 is 58.2. The average molecular weight is 1080 g/mol. The fourth-order valence-electron chi connectivity index (χ4n) is 11.1. The third-order valence-corrected chi connectivity index (χ3v) is 15.8. The molecule has 4 aromatic carbocycles. The number of quaternary nitrogens is 2. The predicted molar refractivity (Wildman–Crippen MR) is 269 cm³/mol. The zero-order valence-corrected chi connectivity index (χ0v) is 46.4. The van der Waals surface area contributed by atoms with E-state index in [9.17, 15) is 19.8 Å². The molecule has 2 heterocycles. The molecule has 4 aromatic rings. The van der Waals surface area contributed by atoms with Gasteiger partial charge in [0.05, 0.1) is 117 Å². The van der Waals surface area contributed by atoms with E-state index in [2.05, 4.69) is 14.1 Å². The van der Waals surface area contributed by atoms with Crippen molar-refractivity contribution in [2.45, 2.75) is 68.3 Å². The zero-order valence-electron chi connectivity index (χ0n) is 44.2. The van der Waals surface area contributed by atoms with Crippen molar-refractivity contribution in [1.82, 2.24) is 0 Å². The SMILES string of the molecule is COc1cc2c(cc1OC)[C@@H](Cc1cc(OC)c(OC)c(OC)c1)[N@@+](C)(CCCC(C(=O)O)C(Cl)(CCC[N@@+]1(C)CCc3cc(OC)c(OC)cc3[C@H]1Cc1cc(OC)c(OC)c(OC)c1)C(=O)O)CC2.[Cl-].[Cl-]. The van der Waals surface area contributed by atoms with Gasteiger partial charge in [0.2, 0.25) is 11.5 Å². The van der Waals surface area contributed by atoms with Gasteiger partial charge < -0.3 is 91.4 Å². The molecular weight excluding hydrogens is 1010 g/mol. The normalized spacial score (nSPS) is 20.0. The van der Waals surface area contributed by atoms with Gasteiger partial charge in [-0.1, -0.05) is 0 Å². The van der Waals surface area contributed by atoms with E-state index < -0.39 is 22.7 Å². The molecule has 2 aliphatic heterocycles. The topological polar surface area (TPSA) is 167 Å². The minimum absolute atomic E-state index is 0. The van der Waals surface area contributed by atoms with Crippen LogP contribution >= 0.6 is 11.6 Å². The molecule has 0 saturated heterocycles. The number of benzene rings is 4. The molecule has 0 saturated carbocycles. The number of carboxylic acids is 2. The number of alkyl halides is 1. The minimum Gasteiger partial charge on any atom is -1.00 e. The van der Waals surface area contributed by atoms with Crippen molar-refractivity contribution < 1.29 is 101 Å². The van der Waals surface area contributed by atoms with E-state index in [4.69, 9.17) is 59.0 Å². The van der Waals surface area contributed by atoms with Crippen molar-refractivity contribution >= 4 is 23.5 Å². The zero-order chi connectivity index (χ0) is 51.8. The van der Waals surface area contributed by atoms with E-state index in [1.54, 1.807) is 71.1 Å². The maximum atomic E-state index is 13.4. The number of ether oxygens (including phenoxy) is 10. The lowest BCUT2D eigenvalue weighted by molar-refractivity contribution is -0.941. The molecule has 404 valence electrons. The summed E-state index contributed by atoms with van der Waals surface area (Å²) in [4.78, 5) is 24.6. The van der Waals surface area contributed by atoms with Crippen LogP contribution in [0, 0.1) is 5.92 Å². The van der Waals surface area contributed by atoms with Crippen LogP contribution in [0.1, 0.15) is 71.1 Å². The number of hydrogen-bond donors (Lipinski definition) is 2. The molecule has 2 N–H and O–H groups in total. The molecule has 0 amide bonds. The first-order valence-electron chi connectivity index (χ1n) is 23.9. The number of aliphatic carboxylic acids is 2. The Balaban J connectivity index is 0.00000578. The van der Waals surface area contributed by atoms with Gasteiger partial charge in [0.25, 0.3) is 0 Å². The van der Waals surface area contributed by atoms with Gasteiger partial charge in [-0.3, -0.25) is 9.59 Å². The van der Waals surface area contributed by atoms with Gasteiger partial charge in [0.1, 0.15) is 12.1 Å². The highest BCUT2D eigenvalue weighted by Gasteiger charge is 2.50. The number of methoxy groups -OCH3 is 10. The highest BCUT2D eigenvalue weighted by Crippen LogP contribution is 2.48. The lowest BCUT2D eigenvalue weighted by Crippen LogP contribution is -3.00. The van der Waals surface area contributed by atoms with Crippen LogP contribution in [-0.2, 0) is 35.3 Å². The molecule has 0 aromatic heterocycles. The molecule has 0 radical (unpaired) electrons. The quantitative estimate of drug-likeness (QED) is 0.0734. The molecule has 0 fully saturated rings. The molecule has 19 heteroatoms. The van der Waals surface area contributed by atoms with Crippen LogP contribution in [0.5, 0.6) is 57.5 Å². The van der Waals surface area contributed by atoms with E-state index in [-0.39, 0.29) is 49.7 Å². The van der Waals surface area contributed by atoms with Crippen LogP contribution in [0.15, 0.2) is 48.5 Å². The van der Waals surface area contributed by atoms with Gasteiger partial charge in [0.15, 0.2) is 50.9 Å². The summed E-state index contributed by atoms with van der Waals surface area (Å²) >= 11 is 7.19. The minimum atomic E-state index is -2.08. The Morgan fingerprint density at radius 1 is 0.548 bits per heavy atom.